The van der Waals surface area contributed by atoms with Gasteiger partial charge in [-0.25, -0.2) is 0 Å². The van der Waals surface area contributed by atoms with Gasteiger partial charge >= 0.3 is 0 Å². The van der Waals surface area contributed by atoms with Crippen LogP contribution in [0.3, 0.4) is 0 Å². The minimum absolute atomic E-state index is 0.0883. The third kappa shape index (κ3) is 2.52. The fourth-order valence-electron chi connectivity index (χ4n) is 3.71. The summed E-state index contributed by atoms with van der Waals surface area (Å²) in [6.45, 7) is 2.57. The van der Waals surface area contributed by atoms with Crippen molar-refractivity contribution in [3.8, 4) is 0 Å². The fourth-order valence-corrected chi connectivity index (χ4v) is 3.71. The predicted molar refractivity (Wildman–Crippen MR) is 89.5 cm³/mol. The summed E-state index contributed by atoms with van der Waals surface area (Å²) in [5, 5.41) is 18.2. The van der Waals surface area contributed by atoms with Gasteiger partial charge in [-0.15, -0.1) is 0 Å². The Kier molecular flexibility index (Phi) is 3.66. The van der Waals surface area contributed by atoms with Gasteiger partial charge < -0.3 is 14.9 Å². The molecule has 3 heterocycles. The number of aromatic nitrogens is 2. The topological polar surface area (TPSA) is 72.5 Å². The largest absolute Gasteiger partial charge is 0.383 e. The number of rotatable bonds is 2. The van der Waals surface area contributed by atoms with Crippen molar-refractivity contribution in [2.45, 2.75) is 25.0 Å². The van der Waals surface area contributed by atoms with Crippen LogP contribution in [0.25, 0.3) is 0 Å². The van der Waals surface area contributed by atoms with Crippen LogP contribution in [0.2, 0.25) is 0 Å². The van der Waals surface area contributed by atoms with Gasteiger partial charge in [-0.3, -0.25) is 9.89 Å². The fraction of sp³-hybridized carbons (Fsp3) is 0.444. The molecule has 1 atom stereocenters. The molecular formula is C18H22N4O2. The zero-order valence-electron chi connectivity index (χ0n) is 13.8. The number of aromatic amines is 1. The summed E-state index contributed by atoms with van der Waals surface area (Å²) in [4.78, 5) is 16.8. The Morgan fingerprint density at radius 2 is 2.08 bits per heavy atom. The van der Waals surface area contributed by atoms with Gasteiger partial charge in [-0.05, 0) is 19.0 Å². The molecule has 0 radical (unpaired) electrons. The first kappa shape index (κ1) is 15.4. The van der Waals surface area contributed by atoms with Crippen molar-refractivity contribution in [1.29, 1.82) is 0 Å². The molecule has 1 fully saturated rings. The highest BCUT2D eigenvalue weighted by Gasteiger charge is 2.41. The molecule has 2 aromatic rings. The lowest BCUT2D eigenvalue weighted by atomic mass is 9.93. The molecule has 1 saturated heterocycles. The number of nitrogens with one attached hydrogen (secondary N) is 1. The molecule has 4 rings (SSSR count). The van der Waals surface area contributed by atoms with E-state index in [0.29, 0.717) is 25.2 Å². The second-order valence-electron chi connectivity index (χ2n) is 6.89. The van der Waals surface area contributed by atoms with Gasteiger partial charge in [-0.1, -0.05) is 30.3 Å². The van der Waals surface area contributed by atoms with Crippen LogP contribution in [0.5, 0.6) is 0 Å². The number of fused-ring (bicyclic) bond motifs is 1. The number of carbonyl (C=O) groups is 1. The molecule has 2 aliphatic rings. The molecule has 2 aliphatic heterocycles. The maximum atomic E-state index is 12.9. The molecule has 0 saturated carbocycles. The number of likely N-dealkylation sites (tertiary alicyclic amines) is 1. The average Bonchev–Trinajstić information content (AvgIpc) is 3.19. The van der Waals surface area contributed by atoms with E-state index < -0.39 is 5.60 Å². The van der Waals surface area contributed by atoms with Crippen molar-refractivity contribution < 1.29 is 9.90 Å². The smallest absolute Gasteiger partial charge is 0.274 e. The molecule has 1 amide bonds. The highest BCUT2D eigenvalue weighted by Crippen LogP contribution is 2.33. The number of β-amino-alcohol motifs (C(OH)–C–C–N with tert-alkyl or cyclic N) is 1. The Balaban J connectivity index is 1.56. The number of amides is 1. The number of H-pyrrole nitrogens is 1. The zero-order valence-corrected chi connectivity index (χ0v) is 13.8. The highest BCUT2D eigenvalue weighted by molar-refractivity contribution is 5.94. The van der Waals surface area contributed by atoms with E-state index in [1.165, 1.54) is 0 Å². The first-order valence-electron chi connectivity index (χ1n) is 8.39. The van der Waals surface area contributed by atoms with Gasteiger partial charge in [0.25, 0.3) is 5.91 Å². The van der Waals surface area contributed by atoms with Crippen LogP contribution in [0.15, 0.2) is 30.3 Å². The van der Waals surface area contributed by atoms with Crippen molar-refractivity contribution >= 4 is 5.91 Å². The van der Waals surface area contributed by atoms with Crippen molar-refractivity contribution in [1.82, 2.24) is 20.0 Å². The number of benzene rings is 1. The molecule has 1 aromatic heterocycles. The molecule has 1 unspecified atom stereocenters. The lowest BCUT2D eigenvalue weighted by molar-refractivity contribution is 0.0415. The monoisotopic (exact) mass is 326 g/mol. The Bertz CT molecular complexity index is 758. The molecule has 24 heavy (non-hydrogen) atoms. The van der Waals surface area contributed by atoms with Crippen LogP contribution in [0, 0.1) is 0 Å². The van der Waals surface area contributed by atoms with E-state index in [1.807, 2.05) is 37.4 Å². The Hall–Kier alpha value is -2.18. The second-order valence-corrected chi connectivity index (χ2v) is 6.89. The molecule has 126 valence electrons. The van der Waals surface area contributed by atoms with Crippen LogP contribution in [0.1, 0.15) is 33.7 Å². The van der Waals surface area contributed by atoms with Crippen molar-refractivity contribution in [3.05, 3.63) is 52.8 Å². The van der Waals surface area contributed by atoms with E-state index >= 15 is 0 Å². The summed E-state index contributed by atoms with van der Waals surface area (Å²) < 4.78 is 0. The summed E-state index contributed by atoms with van der Waals surface area (Å²) in [5.74, 6) is -0.0883. The number of carbonyl (C=O) groups excluding carboxylic acids is 1. The van der Waals surface area contributed by atoms with E-state index in [-0.39, 0.29) is 5.91 Å². The number of hydrogen-bond donors (Lipinski definition) is 2. The maximum Gasteiger partial charge on any atom is 0.274 e. The van der Waals surface area contributed by atoms with E-state index in [4.69, 9.17) is 0 Å². The van der Waals surface area contributed by atoms with Gasteiger partial charge in [0.05, 0.1) is 6.54 Å². The molecule has 0 bridgehead atoms. The minimum atomic E-state index is -0.968. The molecule has 0 aliphatic carbocycles. The third-order valence-corrected chi connectivity index (χ3v) is 5.17. The number of nitrogens with zero attached hydrogens (tertiary/aromatic N) is 3. The Morgan fingerprint density at radius 3 is 2.88 bits per heavy atom. The highest BCUT2D eigenvalue weighted by atomic mass is 16.3. The van der Waals surface area contributed by atoms with Gasteiger partial charge in [-0.2, -0.15) is 5.10 Å². The SMILES string of the molecule is CN1CCc2[nH]nc(C(=O)N3CCC(O)(c4ccccc4)C3)c2C1. The van der Waals surface area contributed by atoms with Gasteiger partial charge in [0, 0.05) is 37.3 Å². The summed E-state index contributed by atoms with van der Waals surface area (Å²) >= 11 is 0. The number of aliphatic hydroxyl groups is 1. The van der Waals surface area contributed by atoms with Crippen molar-refractivity contribution in [3.63, 3.8) is 0 Å². The third-order valence-electron chi connectivity index (χ3n) is 5.17. The lowest BCUT2D eigenvalue weighted by Gasteiger charge is -2.25. The van der Waals surface area contributed by atoms with Crippen LogP contribution in [0.4, 0.5) is 0 Å². The zero-order chi connectivity index (χ0) is 16.7. The average molecular weight is 326 g/mol. The lowest BCUT2D eigenvalue weighted by Crippen LogP contribution is -2.35. The normalized spacial score (nSPS) is 24.2. The first-order chi connectivity index (χ1) is 11.6. The van der Waals surface area contributed by atoms with Crippen LogP contribution in [-0.2, 0) is 18.6 Å². The van der Waals surface area contributed by atoms with E-state index in [9.17, 15) is 9.90 Å². The quantitative estimate of drug-likeness (QED) is 0.868. The minimum Gasteiger partial charge on any atom is -0.383 e. The van der Waals surface area contributed by atoms with Crippen molar-refractivity contribution in [2.24, 2.45) is 0 Å². The predicted octanol–water partition coefficient (Wildman–Crippen LogP) is 1.13. The number of likely N-dealkylation sites (N-methyl/N-ethyl adjacent to an activating group) is 1. The van der Waals surface area contributed by atoms with Crippen LogP contribution < -0.4 is 0 Å². The van der Waals surface area contributed by atoms with E-state index in [0.717, 1.165) is 36.3 Å². The molecule has 1 aromatic carbocycles. The molecular weight excluding hydrogens is 304 g/mol. The maximum absolute atomic E-state index is 12.9. The Labute approximate surface area is 141 Å². The molecule has 0 spiro atoms. The summed E-state index contributed by atoms with van der Waals surface area (Å²) in [5.41, 5.74) is 2.47. The van der Waals surface area contributed by atoms with Gasteiger partial charge in [0.1, 0.15) is 5.60 Å². The van der Waals surface area contributed by atoms with Gasteiger partial charge in [0.2, 0.25) is 0 Å². The summed E-state index contributed by atoms with van der Waals surface area (Å²) in [7, 11) is 2.05. The van der Waals surface area contributed by atoms with Crippen molar-refractivity contribution in [2.75, 3.05) is 26.7 Å². The van der Waals surface area contributed by atoms with Crippen LogP contribution >= 0.6 is 0 Å². The first-order valence-corrected chi connectivity index (χ1v) is 8.39. The van der Waals surface area contributed by atoms with E-state index in [2.05, 4.69) is 15.1 Å². The summed E-state index contributed by atoms with van der Waals surface area (Å²) in [6.07, 6.45) is 1.44. The standard InChI is InChI=1S/C18H22N4O2/c1-21-9-7-15-14(11-21)16(20-19-15)17(23)22-10-8-18(24,12-22)13-5-3-2-4-6-13/h2-6,24H,7-12H2,1H3,(H,19,20). The molecule has 6 heteroatoms. The summed E-state index contributed by atoms with van der Waals surface area (Å²) in [6, 6.07) is 9.59. The van der Waals surface area contributed by atoms with Gasteiger partial charge in [0.15, 0.2) is 5.69 Å². The van der Waals surface area contributed by atoms with Crippen LogP contribution in [-0.4, -0.2) is 57.7 Å². The molecule has 2 N–H and O–H groups in total. The number of hydrogen-bond acceptors (Lipinski definition) is 4. The molecule has 6 nitrogen and oxygen atoms in total. The van der Waals surface area contributed by atoms with E-state index in [1.54, 1.807) is 4.90 Å². The Morgan fingerprint density at radius 1 is 1.29 bits per heavy atom. The second kappa shape index (κ2) is 5.72.